The molecular weight excluding hydrogens is 286 g/mol. The number of thiazole rings is 1. The van der Waals surface area contributed by atoms with E-state index in [1.54, 1.807) is 6.08 Å². The first kappa shape index (κ1) is 15.4. The second kappa shape index (κ2) is 7.15. The van der Waals surface area contributed by atoms with Gasteiger partial charge in [-0.3, -0.25) is 0 Å². The monoisotopic (exact) mass is 303 g/mol. The van der Waals surface area contributed by atoms with E-state index in [-0.39, 0.29) is 0 Å². The van der Waals surface area contributed by atoms with Crippen molar-refractivity contribution in [3.05, 3.63) is 53.1 Å². The third kappa shape index (κ3) is 3.77. The number of carboxylic acid groups (broad SMARTS) is 1. The lowest BCUT2D eigenvalue weighted by atomic mass is 10.1. The first-order valence-corrected chi connectivity index (χ1v) is 7.48. The second-order valence-electron chi connectivity index (χ2n) is 4.45. The third-order valence-corrected chi connectivity index (χ3v) is 4.07. The van der Waals surface area contributed by atoms with Crippen LogP contribution in [0.2, 0.25) is 0 Å². The zero-order chi connectivity index (χ0) is 15.2. The number of aromatic nitrogens is 1. The van der Waals surface area contributed by atoms with Gasteiger partial charge in [0.05, 0.1) is 18.9 Å². The van der Waals surface area contributed by atoms with Gasteiger partial charge in [0.1, 0.15) is 9.88 Å². The molecule has 0 saturated carbocycles. The van der Waals surface area contributed by atoms with Gasteiger partial charge in [0.2, 0.25) is 0 Å². The Bertz CT molecular complexity index is 631. The lowest BCUT2D eigenvalue weighted by molar-refractivity contribution is 0.0701. The Labute approximate surface area is 127 Å². The number of carboxylic acids is 1. The van der Waals surface area contributed by atoms with Crippen molar-refractivity contribution in [3.8, 4) is 10.6 Å². The van der Waals surface area contributed by atoms with Crippen LogP contribution in [0.3, 0.4) is 0 Å². The predicted octanol–water partition coefficient (Wildman–Crippen LogP) is 3.77. The molecule has 0 saturated heterocycles. The van der Waals surface area contributed by atoms with Gasteiger partial charge in [-0.1, -0.05) is 37.3 Å². The molecule has 1 N–H and O–H groups in total. The maximum absolute atomic E-state index is 11.2. The van der Waals surface area contributed by atoms with E-state index in [9.17, 15) is 4.79 Å². The van der Waals surface area contributed by atoms with Gasteiger partial charge in [-0.25, -0.2) is 9.78 Å². The number of nitrogens with zero attached hydrogens (tertiary/aromatic N) is 1. The Morgan fingerprint density at radius 1 is 1.43 bits per heavy atom. The summed E-state index contributed by atoms with van der Waals surface area (Å²) >= 11 is 1.22. The predicted molar refractivity (Wildman–Crippen MR) is 83.7 cm³/mol. The van der Waals surface area contributed by atoms with Crippen molar-refractivity contribution >= 4 is 17.3 Å². The highest BCUT2D eigenvalue weighted by Gasteiger charge is 2.16. The fourth-order valence-corrected chi connectivity index (χ4v) is 2.88. The van der Waals surface area contributed by atoms with Crippen LogP contribution in [0.15, 0.2) is 36.9 Å². The van der Waals surface area contributed by atoms with Crippen molar-refractivity contribution in [2.24, 2.45) is 0 Å². The van der Waals surface area contributed by atoms with Crippen molar-refractivity contribution in [3.63, 3.8) is 0 Å². The van der Waals surface area contributed by atoms with Gasteiger partial charge in [0.15, 0.2) is 0 Å². The number of hydrogen-bond donors (Lipinski definition) is 1. The maximum atomic E-state index is 11.2. The van der Waals surface area contributed by atoms with Gasteiger partial charge >= 0.3 is 5.97 Å². The van der Waals surface area contributed by atoms with Crippen LogP contribution in [0.1, 0.15) is 27.9 Å². The quantitative estimate of drug-likeness (QED) is 0.625. The normalized spacial score (nSPS) is 10.5. The molecular formula is C16H17NO3S. The highest BCUT2D eigenvalue weighted by atomic mass is 32.1. The molecule has 0 fully saturated rings. The lowest BCUT2D eigenvalue weighted by Gasteiger charge is -2.02. The summed E-state index contributed by atoms with van der Waals surface area (Å²) in [5, 5.41) is 9.91. The van der Waals surface area contributed by atoms with E-state index in [1.165, 1.54) is 11.3 Å². The summed E-state index contributed by atoms with van der Waals surface area (Å²) in [5.74, 6) is -0.912. The van der Waals surface area contributed by atoms with Crippen LogP contribution in [0.4, 0.5) is 0 Å². The molecule has 0 aliphatic carbocycles. The largest absolute Gasteiger partial charge is 0.477 e. The molecule has 1 aromatic carbocycles. The number of rotatable bonds is 7. The van der Waals surface area contributed by atoms with Crippen LogP contribution in [0, 0.1) is 0 Å². The van der Waals surface area contributed by atoms with Crippen LogP contribution in [-0.4, -0.2) is 22.7 Å². The van der Waals surface area contributed by atoms with Gasteiger partial charge in [-0.15, -0.1) is 17.9 Å². The number of aromatic carboxylic acids is 1. The van der Waals surface area contributed by atoms with Gasteiger partial charge in [-0.2, -0.15) is 0 Å². The van der Waals surface area contributed by atoms with Crippen molar-refractivity contribution < 1.29 is 14.6 Å². The smallest absolute Gasteiger partial charge is 0.347 e. The Morgan fingerprint density at radius 2 is 2.14 bits per heavy atom. The molecule has 2 rings (SSSR count). The first-order chi connectivity index (χ1) is 10.2. The van der Waals surface area contributed by atoms with Crippen molar-refractivity contribution in [1.29, 1.82) is 0 Å². The first-order valence-electron chi connectivity index (χ1n) is 6.66. The molecule has 0 amide bonds. The van der Waals surface area contributed by atoms with Gasteiger partial charge < -0.3 is 9.84 Å². The minimum absolute atomic E-state index is 0.325. The summed E-state index contributed by atoms with van der Waals surface area (Å²) in [4.78, 5) is 15.9. The topological polar surface area (TPSA) is 59.4 Å². The van der Waals surface area contributed by atoms with Gasteiger partial charge in [0.25, 0.3) is 0 Å². The van der Waals surface area contributed by atoms with Crippen LogP contribution in [0.5, 0.6) is 0 Å². The SMILES string of the molecule is C=CCOCc1ccc(-c2nc(CC)c(C(=O)O)s2)cc1. The summed E-state index contributed by atoms with van der Waals surface area (Å²) in [6.45, 7) is 6.56. The number of aryl methyl sites for hydroxylation is 1. The number of carbonyl (C=O) groups is 1. The summed E-state index contributed by atoms with van der Waals surface area (Å²) in [6.07, 6.45) is 2.33. The zero-order valence-corrected chi connectivity index (χ0v) is 12.7. The van der Waals surface area contributed by atoms with Crippen LogP contribution >= 0.6 is 11.3 Å². The van der Waals surface area contributed by atoms with Crippen LogP contribution < -0.4 is 0 Å². The average molecular weight is 303 g/mol. The minimum atomic E-state index is -0.912. The van der Waals surface area contributed by atoms with E-state index in [0.29, 0.717) is 30.2 Å². The van der Waals surface area contributed by atoms with E-state index in [4.69, 9.17) is 9.84 Å². The fraction of sp³-hybridized carbons (Fsp3) is 0.250. The molecule has 0 aliphatic rings. The summed E-state index contributed by atoms with van der Waals surface area (Å²) in [5.41, 5.74) is 2.63. The lowest BCUT2D eigenvalue weighted by Crippen LogP contribution is -1.97. The highest BCUT2D eigenvalue weighted by Crippen LogP contribution is 2.28. The molecule has 1 aromatic heterocycles. The van der Waals surface area contributed by atoms with Crippen LogP contribution in [0.25, 0.3) is 10.6 Å². The summed E-state index contributed by atoms with van der Waals surface area (Å²) in [7, 11) is 0. The summed E-state index contributed by atoms with van der Waals surface area (Å²) < 4.78 is 5.38. The van der Waals surface area contributed by atoms with E-state index in [2.05, 4.69) is 11.6 Å². The van der Waals surface area contributed by atoms with Crippen molar-refractivity contribution in [2.45, 2.75) is 20.0 Å². The summed E-state index contributed by atoms with van der Waals surface area (Å²) in [6, 6.07) is 7.81. The van der Waals surface area contributed by atoms with Gasteiger partial charge in [0, 0.05) is 5.56 Å². The fourth-order valence-electron chi connectivity index (χ4n) is 1.89. The minimum Gasteiger partial charge on any atom is -0.477 e. The zero-order valence-electron chi connectivity index (χ0n) is 11.8. The Morgan fingerprint density at radius 3 is 2.67 bits per heavy atom. The van der Waals surface area contributed by atoms with Crippen molar-refractivity contribution in [2.75, 3.05) is 6.61 Å². The molecule has 0 bridgehead atoms. The van der Waals surface area contributed by atoms with E-state index in [0.717, 1.165) is 16.1 Å². The highest BCUT2D eigenvalue weighted by molar-refractivity contribution is 7.17. The molecule has 5 heteroatoms. The molecule has 1 heterocycles. The average Bonchev–Trinajstić information content (AvgIpc) is 2.93. The Kier molecular flexibility index (Phi) is 5.25. The van der Waals surface area contributed by atoms with E-state index in [1.807, 2.05) is 31.2 Å². The molecule has 2 aromatic rings. The maximum Gasteiger partial charge on any atom is 0.347 e. The number of benzene rings is 1. The molecule has 4 nitrogen and oxygen atoms in total. The second-order valence-corrected chi connectivity index (χ2v) is 5.45. The standard InChI is InChI=1S/C16H17NO3S/c1-3-9-20-10-11-5-7-12(8-6-11)15-17-13(4-2)14(21-15)16(18)19/h3,5-8H,1,4,9-10H2,2H3,(H,18,19). The number of hydrogen-bond acceptors (Lipinski definition) is 4. The van der Waals surface area contributed by atoms with Crippen LogP contribution in [-0.2, 0) is 17.8 Å². The van der Waals surface area contributed by atoms with Gasteiger partial charge in [-0.05, 0) is 12.0 Å². The van der Waals surface area contributed by atoms with E-state index >= 15 is 0 Å². The molecule has 110 valence electrons. The molecule has 0 radical (unpaired) electrons. The molecule has 0 spiro atoms. The molecule has 0 unspecified atom stereocenters. The van der Waals surface area contributed by atoms with Crippen molar-refractivity contribution in [1.82, 2.24) is 4.98 Å². The molecule has 21 heavy (non-hydrogen) atoms. The molecule has 0 aliphatic heterocycles. The Hall–Kier alpha value is -1.98. The van der Waals surface area contributed by atoms with E-state index < -0.39 is 5.97 Å². The number of ether oxygens (including phenoxy) is 1. The Balaban J connectivity index is 2.18. The molecule has 0 atom stereocenters. The third-order valence-electron chi connectivity index (χ3n) is 2.93.